The lowest BCUT2D eigenvalue weighted by molar-refractivity contribution is -0.183. The lowest BCUT2D eigenvalue weighted by Crippen LogP contribution is -2.39. The van der Waals surface area contributed by atoms with Crippen LogP contribution in [0.4, 0.5) is 13.2 Å². The van der Waals surface area contributed by atoms with Gasteiger partial charge < -0.3 is 5.32 Å². The summed E-state index contributed by atoms with van der Waals surface area (Å²) in [4.78, 5) is 4.38. The first kappa shape index (κ1) is 14.8. The molecule has 1 heterocycles. The van der Waals surface area contributed by atoms with E-state index in [9.17, 15) is 13.2 Å². The number of halogens is 3. The predicted octanol–water partition coefficient (Wildman–Crippen LogP) is 4.22. The van der Waals surface area contributed by atoms with Crippen LogP contribution in [0.5, 0.6) is 0 Å². The fraction of sp³-hybridized carbons (Fsp3) is 0.769. The second kappa shape index (κ2) is 5.79. The average Bonchev–Trinajstić information content (AvgIpc) is 2.75. The molecule has 6 heteroatoms. The van der Waals surface area contributed by atoms with Crippen LogP contribution in [0.15, 0.2) is 5.38 Å². The van der Waals surface area contributed by atoms with Crippen LogP contribution in [0.25, 0.3) is 0 Å². The summed E-state index contributed by atoms with van der Waals surface area (Å²) in [6.45, 7) is 3.89. The number of aromatic nitrogens is 1. The molecule has 1 aliphatic carbocycles. The lowest BCUT2D eigenvalue weighted by atomic mass is 9.85. The fourth-order valence-electron chi connectivity index (χ4n) is 2.63. The van der Waals surface area contributed by atoms with Gasteiger partial charge in [-0.25, -0.2) is 4.98 Å². The molecule has 1 saturated carbocycles. The number of alkyl halides is 3. The molecule has 1 fully saturated rings. The van der Waals surface area contributed by atoms with Crippen LogP contribution in [0.3, 0.4) is 0 Å². The van der Waals surface area contributed by atoms with Gasteiger partial charge in [0.05, 0.1) is 12.0 Å². The Morgan fingerprint density at radius 1 is 1.42 bits per heavy atom. The van der Waals surface area contributed by atoms with E-state index in [2.05, 4.69) is 10.3 Å². The molecule has 108 valence electrons. The van der Waals surface area contributed by atoms with Gasteiger partial charge in [-0.3, -0.25) is 0 Å². The van der Waals surface area contributed by atoms with Crippen molar-refractivity contribution in [1.82, 2.24) is 10.3 Å². The molecule has 0 spiro atoms. The Morgan fingerprint density at radius 3 is 2.74 bits per heavy atom. The zero-order valence-corrected chi connectivity index (χ0v) is 11.9. The molecule has 1 N–H and O–H groups in total. The van der Waals surface area contributed by atoms with Crippen molar-refractivity contribution in [1.29, 1.82) is 0 Å². The highest BCUT2D eigenvalue weighted by Gasteiger charge is 2.42. The highest BCUT2D eigenvalue weighted by molar-refractivity contribution is 7.09. The standard InChI is InChI=1S/C13H19F3N2S/c1-8-7-19-12(17-8)9(2)18-11-5-3-4-10(6-11)13(14,15)16/h7,9-11,18H,3-6H2,1-2H3. The molecule has 3 unspecified atom stereocenters. The molecule has 0 aromatic carbocycles. The SMILES string of the molecule is Cc1csc(C(C)NC2CCCC(C(F)(F)F)C2)n1. The highest BCUT2D eigenvalue weighted by atomic mass is 32.1. The van der Waals surface area contributed by atoms with Gasteiger partial charge >= 0.3 is 6.18 Å². The van der Waals surface area contributed by atoms with Gasteiger partial charge in [-0.2, -0.15) is 13.2 Å². The minimum Gasteiger partial charge on any atom is -0.305 e. The van der Waals surface area contributed by atoms with Gasteiger partial charge in [0.25, 0.3) is 0 Å². The van der Waals surface area contributed by atoms with Crippen molar-refractivity contribution in [3.8, 4) is 0 Å². The lowest BCUT2D eigenvalue weighted by Gasteiger charge is -2.32. The summed E-state index contributed by atoms with van der Waals surface area (Å²) in [6, 6.07) is -0.0322. The van der Waals surface area contributed by atoms with E-state index in [1.165, 1.54) is 0 Å². The van der Waals surface area contributed by atoms with E-state index in [0.717, 1.165) is 17.1 Å². The Morgan fingerprint density at radius 2 is 2.16 bits per heavy atom. The maximum Gasteiger partial charge on any atom is 0.391 e. The number of aryl methyl sites for hydroxylation is 1. The van der Waals surface area contributed by atoms with Crippen molar-refractivity contribution in [2.45, 2.75) is 57.8 Å². The van der Waals surface area contributed by atoms with Crippen LogP contribution in [0.1, 0.15) is 49.4 Å². The van der Waals surface area contributed by atoms with E-state index >= 15 is 0 Å². The molecule has 1 aromatic heterocycles. The Kier molecular flexibility index (Phi) is 4.50. The summed E-state index contributed by atoms with van der Waals surface area (Å²) in [5.41, 5.74) is 0.963. The van der Waals surface area contributed by atoms with Crippen LogP contribution >= 0.6 is 11.3 Å². The van der Waals surface area contributed by atoms with Crippen molar-refractivity contribution in [3.63, 3.8) is 0 Å². The van der Waals surface area contributed by atoms with Crippen LogP contribution in [0.2, 0.25) is 0 Å². The van der Waals surface area contributed by atoms with Gasteiger partial charge in [-0.15, -0.1) is 11.3 Å². The number of rotatable bonds is 3. The van der Waals surface area contributed by atoms with Gasteiger partial charge in [0.1, 0.15) is 5.01 Å². The Labute approximate surface area is 115 Å². The monoisotopic (exact) mass is 292 g/mol. The van der Waals surface area contributed by atoms with Crippen LogP contribution < -0.4 is 5.32 Å². The second-order valence-electron chi connectivity index (χ2n) is 5.32. The molecule has 1 aliphatic rings. The van der Waals surface area contributed by atoms with E-state index in [1.807, 2.05) is 19.2 Å². The van der Waals surface area contributed by atoms with Gasteiger partial charge in [0.15, 0.2) is 0 Å². The fourth-order valence-corrected chi connectivity index (χ4v) is 3.45. The average molecular weight is 292 g/mol. The molecule has 2 rings (SSSR count). The van der Waals surface area contributed by atoms with Crippen molar-refractivity contribution < 1.29 is 13.2 Å². The molecule has 0 bridgehead atoms. The Bertz CT molecular complexity index is 416. The summed E-state index contributed by atoms with van der Waals surface area (Å²) >= 11 is 1.56. The van der Waals surface area contributed by atoms with Gasteiger partial charge in [-0.05, 0) is 33.1 Å². The zero-order valence-electron chi connectivity index (χ0n) is 11.1. The number of hydrogen-bond acceptors (Lipinski definition) is 3. The third kappa shape index (κ3) is 3.92. The maximum absolute atomic E-state index is 12.7. The Balaban J connectivity index is 1.92. The highest BCUT2D eigenvalue weighted by Crippen LogP contribution is 2.38. The third-order valence-electron chi connectivity index (χ3n) is 3.63. The van der Waals surface area contributed by atoms with Crippen LogP contribution in [-0.2, 0) is 0 Å². The summed E-state index contributed by atoms with van der Waals surface area (Å²) in [5.74, 6) is -1.15. The van der Waals surface area contributed by atoms with E-state index in [-0.39, 0.29) is 24.9 Å². The minimum atomic E-state index is -4.05. The van der Waals surface area contributed by atoms with Gasteiger partial charge in [0, 0.05) is 17.1 Å². The molecule has 3 atom stereocenters. The predicted molar refractivity (Wildman–Crippen MR) is 70.2 cm³/mol. The summed E-state index contributed by atoms with van der Waals surface area (Å²) < 4.78 is 38.2. The summed E-state index contributed by atoms with van der Waals surface area (Å²) in [6.07, 6.45) is -2.13. The third-order valence-corrected chi connectivity index (χ3v) is 4.78. The van der Waals surface area contributed by atoms with Crippen molar-refractivity contribution in [2.75, 3.05) is 0 Å². The van der Waals surface area contributed by atoms with Gasteiger partial charge in [-0.1, -0.05) is 6.42 Å². The molecule has 0 amide bonds. The van der Waals surface area contributed by atoms with Gasteiger partial charge in [0.2, 0.25) is 0 Å². The first-order valence-electron chi connectivity index (χ1n) is 6.61. The van der Waals surface area contributed by atoms with E-state index < -0.39 is 12.1 Å². The smallest absolute Gasteiger partial charge is 0.305 e. The summed E-state index contributed by atoms with van der Waals surface area (Å²) in [7, 11) is 0. The molecule has 2 nitrogen and oxygen atoms in total. The maximum atomic E-state index is 12.7. The molecule has 0 radical (unpaired) electrons. The number of nitrogens with zero attached hydrogens (tertiary/aromatic N) is 1. The van der Waals surface area contributed by atoms with E-state index in [4.69, 9.17) is 0 Å². The van der Waals surface area contributed by atoms with Crippen LogP contribution in [-0.4, -0.2) is 17.2 Å². The number of nitrogens with one attached hydrogen (secondary N) is 1. The van der Waals surface area contributed by atoms with E-state index in [1.54, 1.807) is 11.3 Å². The molecule has 0 saturated heterocycles. The molecular weight excluding hydrogens is 273 g/mol. The summed E-state index contributed by atoms with van der Waals surface area (Å²) in [5, 5.41) is 6.21. The molecular formula is C13H19F3N2S. The topological polar surface area (TPSA) is 24.9 Å². The second-order valence-corrected chi connectivity index (χ2v) is 6.21. The first-order chi connectivity index (χ1) is 8.86. The van der Waals surface area contributed by atoms with Crippen LogP contribution in [0, 0.1) is 12.8 Å². The van der Waals surface area contributed by atoms with Crippen molar-refractivity contribution in [3.05, 3.63) is 16.1 Å². The largest absolute Gasteiger partial charge is 0.391 e. The Hall–Kier alpha value is -0.620. The zero-order chi connectivity index (χ0) is 14.0. The quantitative estimate of drug-likeness (QED) is 0.902. The number of hydrogen-bond donors (Lipinski definition) is 1. The first-order valence-corrected chi connectivity index (χ1v) is 7.49. The normalized spacial score (nSPS) is 26.4. The molecule has 19 heavy (non-hydrogen) atoms. The molecule has 0 aliphatic heterocycles. The van der Waals surface area contributed by atoms with Crippen molar-refractivity contribution in [2.24, 2.45) is 5.92 Å². The number of thiazole rings is 1. The van der Waals surface area contributed by atoms with Crippen molar-refractivity contribution >= 4 is 11.3 Å². The van der Waals surface area contributed by atoms with E-state index in [0.29, 0.717) is 6.42 Å². The minimum absolute atomic E-state index is 0.0238. The molecule has 1 aromatic rings.